The molecule has 2 amide bonds. The molecule has 0 saturated heterocycles. The highest BCUT2D eigenvalue weighted by molar-refractivity contribution is 7.20. The standard InChI is InChI=1S/C14H14N2O2S/c1-8-3-5-10(6-4-8)12-7-11(13(15)18)14(19-12)16-9(2)17/h3-7H,1-2H3,(H2,15,18)(H,16,17). The van der Waals surface area contributed by atoms with Gasteiger partial charge in [0.15, 0.2) is 0 Å². The van der Waals surface area contributed by atoms with Gasteiger partial charge in [-0.25, -0.2) is 0 Å². The lowest BCUT2D eigenvalue weighted by molar-refractivity contribution is -0.114. The number of nitrogens with two attached hydrogens (primary N) is 1. The first-order chi connectivity index (χ1) is 8.97. The number of hydrogen-bond donors (Lipinski definition) is 2. The highest BCUT2D eigenvalue weighted by Crippen LogP contribution is 2.35. The van der Waals surface area contributed by atoms with Crippen molar-refractivity contribution in [2.24, 2.45) is 5.73 Å². The van der Waals surface area contributed by atoms with Crippen molar-refractivity contribution in [3.63, 3.8) is 0 Å². The third-order valence-corrected chi connectivity index (χ3v) is 3.72. The summed E-state index contributed by atoms with van der Waals surface area (Å²) < 4.78 is 0. The average Bonchev–Trinajstić information content (AvgIpc) is 2.73. The molecule has 0 fully saturated rings. The summed E-state index contributed by atoms with van der Waals surface area (Å²) in [4.78, 5) is 23.4. The van der Waals surface area contributed by atoms with Gasteiger partial charge in [-0.3, -0.25) is 9.59 Å². The molecule has 0 saturated carbocycles. The summed E-state index contributed by atoms with van der Waals surface area (Å²) in [5.74, 6) is -0.766. The zero-order chi connectivity index (χ0) is 14.0. The van der Waals surface area contributed by atoms with Gasteiger partial charge in [-0.2, -0.15) is 0 Å². The van der Waals surface area contributed by atoms with E-state index in [1.807, 2.05) is 31.2 Å². The van der Waals surface area contributed by atoms with E-state index >= 15 is 0 Å². The topological polar surface area (TPSA) is 72.2 Å². The molecular formula is C14H14N2O2S. The minimum atomic E-state index is -0.543. The van der Waals surface area contributed by atoms with Crippen LogP contribution in [0.2, 0.25) is 0 Å². The molecule has 1 aromatic carbocycles. The third kappa shape index (κ3) is 3.00. The number of amides is 2. The highest BCUT2D eigenvalue weighted by atomic mass is 32.1. The molecule has 0 unspecified atom stereocenters. The maximum atomic E-state index is 11.4. The molecule has 0 radical (unpaired) electrons. The van der Waals surface area contributed by atoms with Crippen LogP contribution in [0.5, 0.6) is 0 Å². The maximum absolute atomic E-state index is 11.4. The fourth-order valence-corrected chi connectivity index (χ4v) is 2.80. The Morgan fingerprint density at radius 1 is 1.21 bits per heavy atom. The minimum absolute atomic E-state index is 0.222. The van der Waals surface area contributed by atoms with Gasteiger partial charge in [0, 0.05) is 11.8 Å². The number of nitrogens with one attached hydrogen (secondary N) is 1. The average molecular weight is 274 g/mol. The van der Waals surface area contributed by atoms with E-state index < -0.39 is 5.91 Å². The first-order valence-electron chi connectivity index (χ1n) is 5.75. The van der Waals surface area contributed by atoms with Gasteiger partial charge in [-0.1, -0.05) is 29.8 Å². The molecule has 0 aliphatic carbocycles. The fraction of sp³-hybridized carbons (Fsp3) is 0.143. The molecule has 1 aromatic heterocycles. The highest BCUT2D eigenvalue weighted by Gasteiger charge is 2.15. The van der Waals surface area contributed by atoms with Crippen molar-refractivity contribution in [1.29, 1.82) is 0 Å². The van der Waals surface area contributed by atoms with Crippen LogP contribution in [0.15, 0.2) is 30.3 Å². The molecule has 2 rings (SSSR count). The van der Waals surface area contributed by atoms with Gasteiger partial charge in [0.25, 0.3) is 5.91 Å². The SMILES string of the molecule is CC(=O)Nc1sc(-c2ccc(C)cc2)cc1C(N)=O. The van der Waals surface area contributed by atoms with E-state index in [-0.39, 0.29) is 5.91 Å². The molecular weight excluding hydrogens is 260 g/mol. The van der Waals surface area contributed by atoms with Crippen molar-refractivity contribution in [2.75, 3.05) is 5.32 Å². The smallest absolute Gasteiger partial charge is 0.251 e. The van der Waals surface area contributed by atoms with Crippen LogP contribution in [-0.2, 0) is 4.79 Å². The zero-order valence-corrected chi connectivity index (χ0v) is 11.5. The van der Waals surface area contributed by atoms with Crippen molar-refractivity contribution >= 4 is 28.2 Å². The normalized spacial score (nSPS) is 10.2. The van der Waals surface area contributed by atoms with E-state index in [0.29, 0.717) is 10.6 Å². The minimum Gasteiger partial charge on any atom is -0.366 e. The van der Waals surface area contributed by atoms with Gasteiger partial charge < -0.3 is 11.1 Å². The van der Waals surface area contributed by atoms with E-state index in [0.717, 1.165) is 16.0 Å². The molecule has 0 atom stereocenters. The van der Waals surface area contributed by atoms with E-state index in [2.05, 4.69) is 5.32 Å². The number of thiophene rings is 1. The summed E-state index contributed by atoms with van der Waals surface area (Å²) in [6, 6.07) is 9.66. The molecule has 1 heterocycles. The number of carbonyl (C=O) groups excluding carboxylic acids is 2. The quantitative estimate of drug-likeness (QED) is 0.903. The Bertz CT molecular complexity index is 629. The van der Waals surface area contributed by atoms with Gasteiger partial charge in [0.2, 0.25) is 5.91 Å². The Balaban J connectivity index is 2.45. The largest absolute Gasteiger partial charge is 0.366 e. The summed E-state index contributed by atoms with van der Waals surface area (Å²) in [6.07, 6.45) is 0. The first kappa shape index (κ1) is 13.3. The van der Waals surface area contributed by atoms with Gasteiger partial charge in [0.1, 0.15) is 5.00 Å². The summed E-state index contributed by atoms with van der Waals surface area (Å²) in [7, 11) is 0. The number of primary amides is 1. The van der Waals surface area contributed by atoms with Gasteiger partial charge in [-0.15, -0.1) is 11.3 Å². The lowest BCUT2D eigenvalue weighted by Gasteiger charge is -1.99. The fourth-order valence-electron chi connectivity index (χ4n) is 1.69. The van der Waals surface area contributed by atoms with Crippen molar-refractivity contribution < 1.29 is 9.59 Å². The Morgan fingerprint density at radius 2 is 1.84 bits per heavy atom. The summed E-state index contributed by atoms with van der Waals surface area (Å²) in [6.45, 7) is 3.41. The zero-order valence-electron chi connectivity index (χ0n) is 10.7. The monoisotopic (exact) mass is 274 g/mol. The van der Waals surface area contributed by atoms with Crippen LogP contribution >= 0.6 is 11.3 Å². The van der Waals surface area contributed by atoms with E-state index in [1.165, 1.54) is 18.3 Å². The number of aryl methyl sites for hydroxylation is 1. The van der Waals surface area contributed by atoms with E-state index in [4.69, 9.17) is 5.73 Å². The molecule has 3 N–H and O–H groups in total. The predicted octanol–water partition coefficient (Wildman–Crippen LogP) is 2.78. The Kier molecular flexibility index (Phi) is 3.66. The van der Waals surface area contributed by atoms with Gasteiger partial charge in [0.05, 0.1) is 5.56 Å². The van der Waals surface area contributed by atoms with Crippen LogP contribution in [0.3, 0.4) is 0 Å². The summed E-state index contributed by atoms with van der Waals surface area (Å²) in [5, 5.41) is 3.13. The number of rotatable bonds is 3. The lowest BCUT2D eigenvalue weighted by atomic mass is 10.1. The maximum Gasteiger partial charge on any atom is 0.251 e. The van der Waals surface area contributed by atoms with Crippen LogP contribution in [-0.4, -0.2) is 11.8 Å². The van der Waals surface area contributed by atoms with Crippen LogP contribution in [0.1, 0.15) is 22.8 Å². The molecule has 0 spiro atoms. The number of anilines is 1. The Hall–Kier alpha value is -2.14. The Morgan fingerprint density at radius 3 is 2.37 bits per heavy atom. The second-order valence-corrected chi connectivity index (χ2v) is 5.32. The molecule has 0 aliphatic heterocycles. The van der Waals surface area contributed by atoms with Crippen molar-refractivity contribution in [1.82, 2.24) is 0 Å². The molecule has 19 heavy (non-hydrogen) atoms. The number of benzene rings is 1. The first-order valence-corrected chi connectivity index (χ1v) is 6.57. The predicted molar refractivity (Wildman–Crippen MR) is 77.3 cm³/mol. The second kappa shape index (κ2) is 5.24. The van der Waals surface area contributed by atoms with Crippen LogP contribution in [0.25, 0.3) is 10.4 Å². The molecule has 2 aromatic rings. The van der Waals surface area contributed by atoms with Gasteiger partial charge in [-0.05, 0) is 18.6 Å². The lowest BCUT2D eigenvalue weighted by Crippen LogP contribution is -2.14. The van der Waals surface area contributed by atoms with Crippen LogP contribution in [0.4, 0.5) is 5.00 Å². The van der Waals surface area contributed by atoms with E-state index in [9.17, 15) is 9.59 Å². The second-order valence-electron chi connectivity index (χ2n) is 4.26. The Labute approximate surface area is 115 Å². The van der Waals surface area contributed by atoms with E-state index in [1.54, 1.807) is 6.07 Å². The third-order valence-electron chi connectivity index (χ3n) is 2.62. The van der Waals surface area contributed by atoms with Gasteiger partial charge >= 0.3 is 0 Å². The summed E-state index contributed by atoms with van der Waals surface area (Å²) >= 11 is 1.34. The number of carbonyl (C=O) groups is 2. The molecule has 5 heteroatoms. The molecule has 98 valence electrons. The number of hydrogen-bond acceptors (Lipinski definition) is 3. The van der Waals surface area contributed by atoms with Crippen molar-refractivity contribution in [3.8, 4) is 10.4 Å². The van der Waals surface area contributed by atoms with Crippen LogP contribution in [0, 0.1) is 6.92 Å². The molecule has 0 aliphatic rings. The van der Waals surface area contributed by atoms with Crippen molar-refractivity contribution in [2.45, 2.75) is 13.8 Å². The summed E-state index contributed by atoms with van der Waals surface area (Å²) in [5.41, 5.74) is 7.83. The van der Waals surface area contributed by atoms with Crippen LogP contribution < -0.4 is 11.1 Å². The molecule has 0 bridgehead atoms. The van der Waals surface area contributed by atoms with Crippen molar-refractivity contribution in [3.05, 3.63) is 41.5 Å². The molecule has 4 nitrogen and oxygen atoms in total.